The Kier molecular flexibility index (Phi) is 4.33. The van der Waals surface area contributed by atoms with Crippen LogP contribution in [0, 0.1) is 6.92 Å². The molecule has 1 aromatic carbocycles. The second-order valence-electron chi connectivity index (χ2n) is 3.79. The molecule has 0 aliphatic rings. The molecule has 0 fully saturated rings. The first-order valence-corrected chi connectivity index (χ1v) is 6.38. The van der Waals surface area contributed by atoms with E-state index < -0.39 is 0 Å². The predicted molar refractivity (Wildman–Crippen MR) is 70.3 cm³/mol. The Morgan fingerprint density at radius 3 is 2.89 bits per heavy atom. The normalized spacial score (nSPS) is 10.6. The fourth-order valence-corrected chi connectivity index (χ4v) is 1.98. The molecule has 2 rings (SSSR count). The Bertz CT molecular complexity index is 528. The molecule has 6 heteroatoms. The molecule has 2 N–H and O–H groups in total. The summed E-state index contributed by atoms with van der Waals surface area (Å²) in [6.45, 7) is 2.59. The van der Waals surface area contributed by atoms with Crippen molar-refractivity contribution in [3.63, 3.8) is 0 Å². The lowest BCUT2D eigenvalue weighted by atomic mass is 10.1. The number of aryl methyl sites for hydroxylation is 1. The van der Waals surface area contributed by atoms with Crippen LogP contribution in [0.15, 0.2) is 27.1 Å². The van der Waals surface area contributed by atoms with Crippen molar-refractivity contribution in [3.8, 4) is 5.75 Å². The number of nitrogens with two attached hydrogens (primary N) is 1. The molecule has 0 aliphatic heterocycles. The maximum Gasteiger partial charge on any atom is 0.253 e. The van der Waals surface area contributed by atoms with Crippen LogP contribution in [0.3, 0.4) is 0 Å². The minimum absolute atomic E-state index is 0.264. The van der Waals surface area contributed by atoms with Gasteiger partial charge in [0.2, 0.25) is 5.89 Å². The Labute approximate surface area is 113 Å². The Morgan fingerprint density at radius 1 is 1.39 bits per heavy atom. The fourth-order valence-electron chi connectivity index (χ4n) is 1.58. The van der Waals surface area contributed by atoms with Crippen molar-refractivity contribution in [3.05, 3.63) is 40.0 Å². The van der Waals surface area contributed by atoms with Gasteiger partial charge in [0.05, 0.1) is 0 Å². The van der Waals surface area contributed by atoms with E-state index in [1.165, 1.54) is 0 Å². The van der Waals surface area contributed by atoms with E-state index in [1.807, 2.05) is 18.2 Å². The number of halogens is 1. The molecular formula is C12H14BrN3O2. The maximum absolute atomic E-state index is 5.67. The van der Waals surface area contributed by atoms with Gasteiger partial charge in [-0.2, -0.15) is 0 Å². The van der Waals surface area contributed by atoms with Crippen molar-refractivity contribution >= 4 is 15.9 Å². The quantitative estimate of drug-likeness (QED) is 0.916. The van der Waals surface area contributed by atoms with Crippen LogP contribution in [-0.4, -0.2) is 16.7 Å². The summed E-state index contributed by atoms with van der Waals surface area (Å²) in [5.41, 5.74) is 6.64. The lowest BCUT2D eigenvalue weighted by molar-refractivity contribution is 0.258. The van der Waals surface area contributed by atoms with Gasteiger partial charge >= 0.3 is 0 Å². The Morgan fingerprint density at radius 2 is 2.22 bits per heavy atom. The van der Waals surface area contributed by atoms with Gasteiger partial charge in [0.1, 0.15) is 5.75 Å². The van der Waals surface area contributed by atoms with E-state index in [1.54, 1.807) is 6.92 Å². The summed E-state index contributed by atoms with van der Waals surface area (Å²) in [7, 11) is 0. The van der Waals surface area contributed by atoms with Gasteiger partial charge in [0.25, 0.3) is 5.89 Å². The molecule has 2 aromatic rings. The predicted octanol–water partition coefficient (Wildman–Crippen LogP) is 2.22. The van der Waals surface area contributed by atoms with Gasteiger partial charge in [-0.15, -0.1) is 10.2 Å². The molecule has 0 atom stereocenters. The van der Waals surface area contributed by atoms with Crippen LogP contribution in [0.2, 0.25) is 0 Å². The third-order valence-corrected chi connectivity index (χ3v) is 2.85. The van der Waals surface area contributed by atoms with Gasteiger partial charge in [0.15, 0.2) is 6.61 Å². The molecule has 0 saturated carbocycles. The van der Waals surface area contributed by atoms with E-state index in [9.17, 15) is 0 Å². The van der Waals surface area contributed by atoms with Gasteiger partial charge in [0, 0.05) is 11.4 Å². The molecule has 96 valence electrons. The number of ether oxygens (including phenoxy) is 1. The molecule has 0 amide bonds. The number of rotatable bonds is 5. The van der Waals surface area contributed by atoms with E-state index in [-0.39, 0.29) is 6.61 Å². The molecule has 0 saturated heterocycles. The minimum atomic E-state index is 0.264. The first-order chi connectivity index (χ1) is 8.69. The highest BCUT2D eigenvalue weighted by Crippen LogP contribution is 2.24. The standard InChI is InChI=1S/C12H14BrN3O2/c1-8-15-16-12(18-8)7-17-11-3-2-10(13)6-9(11)4-5-14/h2-3,6H,4-5,7,14H2,1H3. The van der Waals surface area contributed by atoms with Gasteiger partial charge < -0.3 is 14.9 Å². The highest BCUT2D eigenvalue weighted by Gasteiger charge is 2.07. The van der Waals surface area contributed by atoms with Crippen LogP contribution in [-0.2, 0) is 13.0 Å². The van der Waals surface area contributed by atoms with Crippen molar-refractivity contribution in [2.75, 3.05) is 6.54 Å². The van der Waals surface area contributed by atoms with Crippen LogP contribution in [0.5, 0.6) is 5.75 Å². The van der Waals surface area contributed by atoms with Gasteiger partial charge in [-0.25, -0.2) is 0 Å². The lowest BCUT2D eigenvalue weighted by Gasteiger charge is -2.09. The van der Waals surface area contributed by atoms with Crippen molar-refractivity contribution < 1.29 is 9.15 Å². The topological polar surface area (TPSA) is 74.2 Å². The lowest BCUT2D eigenvalue weighted by Crippen LogP contribution is -2.05. The zero-order chi connectivity index (χ0) is 13.0. The minimum Gasteiger partial charge on any atom is -0.484 e. The van der Waals surface area contributed by atoms with Crippen LogP contribution in [0.25, 0.3) is 0 Å². The van der Waals surface area contributed by atoms with E-state index in [0.717, 1.165) is 22.2 Å². The van der Waals surface area contributed by atoms with Crippen molar-refractivity contribution in [1.29, 1.82) is 0 Å². The zero-order valence-corrected chi connectivity index (χ0v) is 11.6. The van der Waals surface area contributed by atoms with Crippen molar-refractivity contribution in [1.82, 2.24) is 10.2 Å². The summed E-state index contributed by atoms with van der Waals surface area (Å²) >= 11 is 3.43. The summed E-state index contributed by atoms with van der Waals surface area (Å²) in [5, 5.41) is 7.63. The number of hydrogen-bond donors (Lipinski definition) is 1. The highest BCUT2D eigenvalue weighted by atomic mass is 79.9. The molecule has 1 aromatic heterocycles. The van der Waals surface area contributed by atoms with E-state index in [2.05, 4.69) is 26.1 Å². The van der Waals surface area contributed by atoms with E-state index >= 15 is 0 Å². The SMILES string of the molecule is Cc1nnc(COc2ccc(Br)cc2CCN)o1. The molecule has 0 aliphatic carbocycles. The molecule has 5 nitrogen and oxygen atoms in total. The first-order valence-electron chi connectivity index (χ1n) is 5.59. The smallest absolute Gasteiger partial charge is 0.253 e. The monoisotopic (exact) mass is 311 g/mol. The van der Waals surface area contributed by atoms with Gasteiger partial charge in [-0.1, -0.05) is 15.9 Å². The third kappa shape index (κ3) is 3.30. The number of benzene rings is 1. The summed E-state index contributed by atoms with van der Waals surface area (Å²) in [6, 6.07) is 5.83. The fraction of sp³-hybridized carbons (Fsp3) is 0.333. The second-order valence-corrected chi connectivity index (χ2v) is 4.71. The highest BCUT2D eigenvalue weighted by molar-refractivity contribution is 9.10. The van der Waals surface area contributed by atoms with Crippen LogP contribution in [0.1, 0.15) is 17.3 Å². The summed E-state index contributed by atoms with van der Waals surface area (Å²) in [5.74, 6) is 1.79. The molecule has 0 unspecified atom stereocenters. The van der Waals surface area contributed by atoms with E-state index in [0.29, 0.717) is 18.3 Å². The average molecular weight is 312 g/mol. The molecule has 18 heavy (non-hydrogen) atoms. The summed E-state index contributed by atoms with van der Waals surface area (Å²) < 4.78 is 11.9. The summed E-state index contributed by atoms with van der Waals surface area (Å²) in [6.07, 6.45) is 0.762. The number of aromatic nitrogens is 2. The Balaban J connectivity index is 2.08. The second kappa shape index (κ2) is 5.97. The molecule has 0 spiro atoms. The van der Waals surface area contributed by atoms with Crippen LogP contribution < -0.4 is 10.5 Å². The van der Waals surface area contributed by atoms with Crippen molar-refractivity contribution in [2.45, 2.75) is 20.0 Å². The average Bonchev–Trinajstić information content (AvgIpc) is 2.75. The van der Waals surface area contributed by atoms with Crippen LogP contribution >= 0.6 is 15.9 Å². The van der Waals surface area contributed by atoms with E-state index in [4.69, 9.17) is 14.9 Å². The zero-order valence-electron chi connectivity index (χ0n) is 10.0. The Hall–Kier alpha value is -1.40. The molecular weight excluding hydrogens is 298 g/mol. The van der Waals surface area contributed by atoms with Gasteiger partial charge in [-0.05, 0) is 36.7 Å². The molecule has 0 radical (unpaired) electrons. The number of nitrogens with zero attached hydrogens (tertiary/aromatic N) is 2. The first kappa shape index (κ1) is 13.0. The maximum atomic E-state index is 5.67. The van der Waals surface area contributed by atoms with Crippen LogP contribution in [0.4, 0.5) is 0 Å². The third-order valence-electron chi connectivity index (χ3n) is 2.36. The van der Waals surface area contributed by atoms with Crippen molar-refractivity contribution in [2.24, 2.45) is 5.73 Å². The summed E-state index contributed by atoms with van der Waals surface area (Å²) in [4.78, 5) is 0. The number of hydrogen-bond acceptors (Lipinski definition) is 5. The van der Waals surface area contributed by atoms with Gasteiger partial charge in [-0.3, -0.25) is 0 Å². The molecule has 1 heterocycles. The molecule has 0 bridgehead atoms. The largest absolute Gasteiger partial charge is 0.484 e.